The van der Waals surface area contributed by atoms with Crippen molar-refractivity contribution in [2.45, 2.75) is 17.7 Å². The van der Waals surface area contributed by atoms with Gasteiger partial charge in [-0.3, -0.25) is 4.79 Å². The fraction of sp³-hybridized carbons (Fsp3) is 0.538. The van der Waals surface area contributed by atoms with E-state index in [0.717, 1.165) is 12.8 Å². The van der Waals surface area contributed by atoms with Crippen LogP contribution in [-0.4, -0.2) is 54.7 Å². The number of piperazine rings is 1. The molecule has 1 aliphatic carbocycles. The number of carbonyl (C=O) groups excluding carboxylic acids is 1. The Bertz CT molecular complexity index is 652. The molecule has 0 atom stereocenters. The summed E-state index contributed by atoms with van der Waals surface area (Å²) in [6, 6.07) is 2.78. The molecule has 0 unspecified atom stereocenters. The Hall–Kier alpha value is -1.18. The second-order valence-electron chi connectivity index (χ2n) is 5.32. The van der Waals surface area contributed by atoms with E-state index in [4.69, 9.17) is 11.6 Å². The number of nitrogens with zero attached hydrogens (tertiary/aromatic N) is 3. The lowest BCUT2D eigenvalue weighted by Gasteiger charge is -2.34. The molecule has 2 heterocycles. The Kier molecular flexibility index (Phi) is 3.90. The van der Waals surface area contributed by atoms with Crippen LogP contribution in [0.2, 0.25) is 5.15 Å². The minimum Gasteiger partial charge on any atom is -0.340 e. The van der Waals surface area contributed by atoms with E-state index in [9.17, 15) is 13.2 Å². The van der Waals surface area contributed by atoms with Gasteiger partial charge in [0.05, 0.1) is 4.90 Å². The fourth-order valence-electron chi connectivity index (χ4n) is 2.43. The summed E-state index contributed by atoms with van der Waals surface area (Å²) in [4.78, 5) is 17.7. The first-order chi connectivity index (χ1) is 9.98. The van der Waals surface area contributed by atoms with Gasteiger partial charge < -0.3 is 4.90 Å². The summed E-state index contributed by atoms with van der Waals surface area (Å²) in [5.41, 5.74) is 0. The van der Waals surface area contributed by atoms with Crippen LogP contribution >= 0.6 is 11.6 Å². The maximum atomic E-state index is 12.5. The van der Waals surface area contributed by atoms with Crippen molar-refractivity contribution >= 4 is 27.5 Å². The van der Waals surface area contributed by atoms with Crippen molar-refractivity contribution in [1.29, 1.82) is 0 Å². The second-order valence-corrected chi connectivity index (χ2v) is 7.64. The van der Waals surface area contributed by atoms with Crippen LogP contribution in [-0.2, 0) is 14.8 Å². The molecule has 1 saturated carbocycles. The topological polar surface area (TPSA) is 70.6 Å². The highest BCUT2D eigenvalue weighted by atomic mass is 35.5. The highest BCUT2D eigenvalue weighted by molar-refractivity contribution is 7.89. The molecule has 2 aliphatic rings. The van der Waals surface area contributed by atoms with E-state index in [1.807, 2.05) is 0 Å². The van der Waals surface area contributed by atoms with Crippen LogP contribution in [0, 0.1) is 5.92 Å². The van der Waals surface area contributed by atoms with Gasteiger partial charge in [0, 0.05) is 38.3 Å². The molecule has 1 aromatic heterocycles. The Morgan fingerprint density at radius 3 is 2.48 bits per heavy atom. The number of aromatic nitrogens is 1. The van der Waals surface area contributed by atoms with Gasteiger partial charge in [0.25, 0.3) is 0 Å². The predicted octanol–water partition coefficient (Wildman–Crippen LogP) is 0.978. The lowest BCUT2D eigenvalue weighted by Crippen LogP contribution is -2.50. The fourth-order valence-corrected chi connectivity index (χ4v) is 4.11. The average molecular weight is 330 g/mol. The molecule has 1 amide bonds. The van der Waals surface area contributed by atoms with Crippen molar-refractivity contribution in [3.05, 3.63) is 23.5 Å². The molecule has 1 aromatic rings. The van der Waals surface area contributed by atoms with Crippen LogP contribution in [0.5, 0.6) is 0 Å². The Morgan fingerprint density at radius 2 is 1.90 bits per heavy atom. The summed E-state index contributed by atoms with van der Waals surface area (Å²) in [6.07, 6.45) is 3.31. The van der Waals surface area contributed by atoms with Crippen LogP contribution in [0.4, 0.5) is 0 Å². The second kappa shape index (κ2) is 5.55. The van der Waals surface area contributed by atoms with Crippen molar-refractivity contribution in [3.8, 4) is 0 Å². The number of amides is 1. The molecule has 1 saturated heterocycles. The van der Waals surface area contributed by atoms with Crippen LogP contribution in [0.1, 0.15) is 12.8 Å². The number of sulfonamides is 1. The third-order valence-corrected chi connectivity index (χ3v) is 5.91. The van der Waals surface area contributed by atoms with E-state index in [2.05, 4.69) is 4.98 Å². The molecule has 0 bridgehead atoms. The maximum absolute atomic E-state index is 12.5. The first-order valence-corrected chi connectivity index (χ1v) is 8.71. The van der Waals surface area contributed by atoms with Crippen molar-refractivity contribution < 1.29 is 13.2 Å². The number of carbonyl (C=O) groups is 1. The first-order valence-electron chi connectivity index (χ1n) is 6.89. The molecule has 3 rings (SSSR count). The number of pyridine rings is 1. The number of halogens is 1. The molecule has 2 fully saturated rings. The van der Waals surface area contributed by atoms with Gasteiger partial charge in [0.15, 0.2) is 0 Å². The van der Waals surface area contributed by atoms with Gasteiger partial charge in [-0.25, -0.2) is 13.4 Å². The predicted molar refractivity (Wildman–Crippen MR) is 77.3 cm³/mol. The SMILES string of the molecule is O=C(C1CC1)N1CCN(S(=O)(=O)c2ccnc(Cl)c2)CC1. The molecule has 0 aromatic carbocycles. The summed E-state index contributed by atoms with van der Waals surface area (Å²) >= 11 is 5.75. The van der Waals surface area contributed by atoms with Crippen LogP contribution in [0.25, 0.3) is 0 Å². The lowest BCUT2D eigenvalue weighted by atomic mass is 10.3. The van der Waals surface area contributed by atoms with Gasteiger partial charge in [-0.2, -0.15) is 4.31 Å². The lowest BCUT2D eigenvalue weighted by molar-refractivity contribution is -0.133. The van der Waals surface area contributed by atoms with Crippen molar-refractivity contribution in [2.24, 2.45) is 5.92 Å². The molecule has 114 valence electrons. The third-order valence-electron chi connectivity index (χ3n) is 3.81. The van der Waals surface area contributed by atoms with Gasteiger partial charge in [0.2, 0.25) is 15.9 Å². The van der Waals surface area contributed by atoms with Crippen LogP contribution in [0.15, 0.2) is 23.2 Å². The molecular weight excluding hydrogens is 314 g/mol. The van der Waals surface area contributed by atoms with E-state index in [-0.39, 0.29) is 21.9 Å². The molecule has 6 nitrogen and oxygen atoms in total. The standard InChI is InChI=1S/C13H16ClN3O3S/c14-12-9-11(3-4-15-12)21(19,20)17-7-5-16(6-8-17)13(18)10-1-2-10/h3-4,9-10H,1-2,5-8H2. The van der Waals surface area contributed by atoms with Crippen molar-refractivity contribution in [1.82, 2.24) is 14.2 Å². The minimum atomic E-state index is -3.57. The first kappa shape index (κ1) is 14.7. The Labute approximate surface area is 128 Å². The van der Waals surface area contributed by atoms with Crippen molar-refractivity contribution in [3.63, 3.8) is 0 Å². The number of hydrogen-bond acceptors (Lipinski definition) is 4. The van der Waals surface area contributed by atoms with Gasteiger partial charge >= 0.3 is 0 Å². The molecule has 0 radical (unpaired) electrons. The average Bonchev–Trinajstić information content (AvgIpc) is 3.31. The zero-order valence-corrected chi connectivity index (χ0v) is 13.0. The van der Waals surface area contributed by atoms with Gasteiger partial charge in [0.1, 0.15) is 5.15 Å². The maximum Gasteiger partial charge on any atom is 0.243 e. The summed E-state index contributed by atoms with van der Waals surface area (Å²) in [5.74, 6) is 0.339. The highest BCUT2D eigenvalue weighted by Crippen LogP contribution is 2.31. The van der Waals surface area contributed by atoms with E-state index < -0.39 is 10.0 Å². The largest absolute Gasteiger partial charge is 0.340 e. The van der Waals surface area contributed by atoms with E-state index in [1.165, 1.54) is 22.6 Å². The van der Waals surface area contributed by atoms with Crippen LogP contribution in [0.3, 0.4) is 0 Å². The number of rotatable bonds is 3. The smallest absolute Gasteiger partial charge is 0.243 e. The van der Waals surface area contributed by atoms with E-state index in [1.54, 1.807) is 4.90 Å². The van der Waals surface area contributed by atoms with Gasteiger partial charge in [-0.05, 0) is 25.0 Å². The molecule has 8 heteroatoms. The highest BCUT2D eigenvalue weighted by Gasteiger charge is 2.36. The summed E-state index contributed by atoms with van der Waals surface area (Å²) in [6.45, 7) is 1.54. The zero-order chi connectivity index (χ0) is 15.0. The summed E-state index contributed by atoms with van der Waals surface area (Å²) in [5, 5.41) is 0.152. The van der Waals surface area contributed by atoms with Crippen LogP contribution < -0.4 is 0 Å². The van der Waals surface area contributed by atoms with E-state index >= 15 is 0 Å². The minimum absolute atomic E-state index is 0.143. The third kappa shape index (κ3) is 3.04. The summed E-state index contributed by atoms with van der Waals surface area (Å²) < 4.78 is 26.4. The monoisotopic (exact) mass is 329 g/mol. The summed E-state index contributed by atoms with van der Waals surface area (Å²) in [7, 11) is -3.57. The van der Waals surface area contributed by atoms with Gasteiger partial charge in [-0.1, -0.05) is 11.6 Å². The normalized spacial score (nSPS) is 20.5. The van der Waals surface area contributed by atoms with Crippen molar-refractivity contribution in [2.75, 3.05) is 26.2 Å². The van der Waals surface area contributed by atoms with Gasteiger partial charge in [-0.15, -0.1) is 0 Å². The molecule has 0 spiro atoms. The molecule has 1 aliphatic heterocycles. The zero-order valence-electron chi connectivity index (χ0n) is 11.4. The Balaban J connectivity index is 1.69. The quantitative estimate of drug-likeness (QED) is 0.775. The number of hydrogen-bond donors (Lipinski definition) is 0. The molecule has 21 heavy (non-hydrogen) atoms. The van der Waals surface area contributed by atoms with E-state index in [0.29, 0.717) is 26.2 Å². The molecule has 0 N–H and O–H groups in total. The molecular formula is C13H16ClN3O3S. The Morgan fingerprint density at radius 1 is 1.24 bits per heavy atom.